The smallest absolute Gasteiger partial charge is 0.139 e. The fourth-order valence-corrected chi connectivity index (χ4v) is 1.60. The van der Waals surface area contributed by atoms with Crippen LogP contribution in [0.2, 0.25) is 5.02 Å². The van der Waals surface area contributed by atoms with Crippen molar-refractivity contribution >= 4 is 28.9 Å². The second-order valence-corrected chi connectivity index (χ2v) is 3.83. The van der Waals surface area contributed by atoms with E-state index < -0.39 is 0 Å². The van der Waals surface area contributed by atoms with Gasteiger partial charge in [0.2, 0.25) is 0 Å². The monoisotopic (exact) mass is 249 g/mol. The molecule has 17 heavy (non-hydrogen) atoms. The number of nitrogens with two attached hydrogens (primary N) is 1. The third-order valence-corrected chi connectivity index (χ3v) is 2.51. The highest BCUT2D eigenvalue weighted by Crippen LogP contribution is 2.28. The van der Waals surface area contributed by atoms with Crippen LogP contribution in [-0.4, -0.2) is 12.1 Å². The number of nitrogens with zero attached hydrogens (tertiary/aromatic N) is 1. The number of nitrogens with one attached hydrogen (secondary N) is 1. The highest BCUT2D eigenvalue weighted by Gasteiger charge is 2.02. The van der Waals surface area contributed by atoms with Gasteiger partial charge >= 0.3 is 0 Å². The lowest BCUT2D eigenvalue weighted by Gasteiger charge is -2.08. The van der Waals surface area contributed by atoms with E-state index in [1.807, 2.05) is 18.2 Å². The Balaban J connectivity index is 2.24. The van der Waals surface area contributed by atoms with Gasteiger partial charge in [0.25, 0.3) is 0 Å². The molecule has 2 rings (SSSR count). The van der Waals surface area contributed by atoms with E-state index in [9.17, 15) is 0 Å². The van der Waals surface area contributed by atoms with E-state index in [4.69, 9.17) is 22.1 Å². The molecule has 0 aliphatic rings. The second kappa shape index (κ2) is 4.93. The number of halogens is 1. The number of methoxy groups -OCH3 is 1. The van der Waals surface area contributed by atoms with E-state index in [1.54, 1.807) is 25.3 Å². The van der Waals surface area contributed by atoms with Crippen LogP contribution in [0.5, 0.6) is 5.75 Å². The van der Waals surface area contributed by atoms with Gasteiger partial charge in [0.1, 0.15) is 17.4 Å². The molecule has 2 aromatic rings. The zero-order valence-corrected chi connectivity index (χ0v) is 10.0. The number of rotatable bonds is 3. The second-order valence-electron chi connectivity index (χ2n) is 3.42. The average Bonchev–Trinajstić information content (AvgIpc) is 2.32. The Morgan fingerprint density at radius 2 is 2.12 bits per heavy atom. The van der Waals surface area contributed by atoms with Crippen molar-refractivity contribution in [2.24, 2.45) is 0 Å². The number of aromatic nitrogens is 1. The summed E-state index contributed by atoms with van der Waals surface area (Å²) in [5.41, 5.74) is 6.43. The quantitative estimate of drug-likeness (QED) is 0.878. The van der Waals surface area contributed by atoms with Crippen LogP contribution in [0.3, 0.4) is 0 Å². The van der Waals surface area contributed by atoms with Crippen LogP contribution < -0.4 is 15.8 Å². The maximum Gasteiger partial charge on any atom is 0.139 e. The van der Waals surface area contributed by atoms with Crippen molar-refractivity contribution in [3.8, 4) is 5.75 Å². The van der Waals surface area contributed by atoms with E-state index in [0.29, 0.717) is 22.4 Å². The summed E-state index contributed by atoms with van der Waals surface area (Å²) >= 11 is 5.94. The van der Waals surface area contributed by atoms with Crippen LogP contribution in [-0.2, 0) is 0 Å². The fourth-order valence-electron chi connectivity index (χ4n) is 1.41. The SMILES string of the molecule is COc1cc(Nc2cccc(N)n2)ccc1Cl. The number of hydrogen-bond donors (Lipinski definition) is 2. The van der Waals surface area contributed by atoms with Gasteiger partial charge in [-0.15, -0.1) is 0 Å². The van der Waals surface area contributed by atoms with Gasteiger partial charge in [0, 0.05) is 11.8 Å². The average molecular weight is 250 g/mol. The molecule has 1 aromatic carbocycles. The first-order valence-electron chi connectivity index (χ1n) is 5.02. The van der Waals surface area contributed by atoms with Gasteiger partial charge in [-0.25, -0.2) is 4.98 Å². The summed E-state index contributed by atoms with van der Waals surface area (Å²) in [6, 6.07) is 10.8. The predicted octanol–water partition coefficient (Wildman–Crippen LogP) is 3.07. The highest BCUT2D eigenvalue weighted by molar-refractivity contribution is 6.32. The Hall–Kier alpha value is -1.94. The lowest BCUT2D eigenvalue weighted by atomic mass is 10.3. The van der Waals surface area contributed by atoms with Crippen LogP contribution in [0.4, 0.5) is 17.3 Å². The Kier molecular flexibility index (Phi) is 3.35. The molecule has 0 amide bonds. The number of nitrogen functional groups attached to an aromatic ring is 1. The summed E-state index contributed by atoms with van der Waals surface area (Å²) in [6.45, 7) is 0. The molecule has 0 atom stereocenters. The number of hydrogen-bond acceptors (Lipinski definition) is 4. The zero-order chi connectivity index (χ0) is 12.3. The lowest BCUT2D eigenvalue weighted by Crippen LogP contribution is -1.97. The van der Waals surface area contributed by atoms with Crippen LogP contribution >= 0.6 is 11.6 Å². The fraction of sp³-hybridized carbons (Fsp3) is 0.0833. The Morgan fingerprint density at radius 1 is 1.29 bits per heavy atom. The number of pyridine rings is 1. The Bertz CT molecular complexity index is 531. The molecular formula is C12H12ClN3O. The molecule has 0 radical (unpaired) electrons. The standard InChI is InChI=1S/C12H12ClN3O/c1-17-10-7-8(5-6-9(10)13)15-12-4-2-3-11(14)16-12/h2-7H,1H3,(H3,14,15,16). The third kappa shape index (κ3) is 2.79. The van der Waals surface area contributed by atoms with E-state index in [2.05, 4.69) is 10.3 Å². The van der Waals surface area contributed by atoms with Crippen molar-refractivity contribution in [3.05, 3.63) is 41.4 Å². The predicted molar refractivity (Wildman–Crippen MR) is 69.9 cm³/mol. The van der Waals surface area contributed by atoms with Crippen molar-refractivity contribution in [1.29, 1.82) is 0 Å². The van der Waals surface area contributed by atoms with Crippen molar-refractivity contribution in [3.63, 3.8) is 0 Å². The molecule has 0 saturated carbocycles. The van der Waals surface area contributed by atoms with Crippen LogP contribution in [0, 0.1) is 0 Å². The molecule has 3 N–H and O–H groups in total. The minimum absolute atomic E-state index is 0.468. The lowest BCUT2D eigenvalue weighted by molar-refractivity contribution is 0.415. The minimum Gasteiger partial charge on any atom is -0.495 e. The summed E-state index contributed by atoms with van der Waals surface area (Å²) in [7, 11) is 1.57. The molecular weight excluding hydrogens is 238 g/mol. The highest BCUT2D eigenvalue weighted by atomic mass is 35.5. The Labute approximate surface area is 104 Å². The van der Waals surface area contributed by atoms with E-state index in [0.717, 1.165) is 5.69 Å². The van der Waals surface area contributed by atoms with Crippen molar-refractivity contribution in [1.82, 2.24) is 4.98 Å². The summed E-state index contributed by atoms with van der Waals surface area (Å²) in [5, 5.41) is 3.69. The van der Waals surface area contributed by atoms with Crippen LogP contribution in [0.1, 0.15) is 0 Å². The molecule has 0 unspecified atom stereocenters. The van der Waals surface area contributed by atoms with Gasteiger partial charge in [-0.1, -0.05) is 17.7 Å². The van der Waals surface area contributed by atoms with E-state index >= 15 is 0 Å². The molecule has 88 valence electrons. The summed E-state index contributed by atoms with van der Waals surface area (Å²) in [6.07, 6.45) is 0. The molecule has 0 spiro atoms. The summed E-state index contributed by atoms with van der Waals surface area (Å²) in [4.78, 5) is 4.14. The number of ether oxygens (including phenoxy) is 1. The maximum absolute atomic E-state index is 5.94. The van der Waals surface area contributed by atoms with Gasteiger partial charge in [0.15, 0.2) is 0 Å². The molecule has 0 aliphatic carbocycles. The van der Waals surface area contributed by atoms with Gasteiger partial charge in [-0.2, -0.15) is 0 Å². The molecule has 0 aliphatic heterocycles. The van der Waals surface area contributed by atoms with E-state index in [-0.39, 0.29) is 0 Å². The number of anilines is 3. The summed E-state index contributed by atoms with van der Waals surface area (Å²) in [5.74, 6) is 1.76. The molecule has 4 nitrogen and oxygen atoms in total. The van der Waals surface area contributed by atoms with Gasteiger partial charge in [-0.05, 0) is 24.3 Å². The van der Waals surface area contributed by atoms with E-state index in [1.165, 1.54) is 0 Å². The van der Waals surface area contributed by atoms with Crippen LogP contribution in [0.15, 0.2) is 36.4 Å². The van der Waals surface area contributed by atoms with Crippen molar-refractivity contribution < 1.29 is 4.74 Å². The summed E-state index contributed by atoms with van der Waals surface area (Å²) < 4.78 is 5.13. The molecule has 0 saturated heterocycles. The molecule has 0 fully saturated rings. The van der Waals surface area contributed by atoms with Gasteiger partial charge < -0.3 is 15.8 Å². The molecule has 1 aromatic heterocycles. The third-order valence-electron chi connectivity index (χ3n) is 2.19. The molecule has 0 bridgehead atoms. The molecule has 5 heteroatoms. The largest absolute Gasteiger partial charge is 0.495 e. The first kappa shape index (κ1) is 11.5. The maximum atomic E-state index is 5.94. The first-order chi connectivity index (χ1) is 8.19. The zero-order valence-electron chi connectivity index (χ0n) is 9.27. The van der Waals surface area contributed by atoms with Crippen molar-refractivity contribution in [2.45, 2.75) is 0 Å². The normalized spacial score (nSPS) is 10.0. The Morgan fingerprint density at radius 3 is 2.82 bits per heavy atom. The first-order valence-corrected chi connectivity index (χ1v) is 5.40. The minimum atomic E-state index is 0.468. The van der Waals surface area contributed by atoms with Gasteiger partial charge in [0.05, 0.1) is 12.1 Å². The number of benzene rings is 1. The van der Waals surface area contributed by atoms with Crippen LogP contribution in [0.25, 0.3) is 0 Å². The molecule has 1 heterocycles. The topological polar surface area (TPSA) is 60.2 Å². The van der Waals surface area contributed by atoms with Gasteiger partial charge in [-0.3, -0.25) is 0 Å². The van der Waals surface area contributed by atoms with Crippen molar-refractivity contribution in [2.75, 3.05) is 18.2 Å².